The Bertz CT molecular complexity index is 457. The van der Waals surface area contributed by atoms with Crippen molar-refractivity contribution in [3.8, 4) is 0 Å². The summed E-state index contributed by atoms with van der Waals surface area (Å²) in [4.78, 5) is 23.8. The molecule has 0 rings (SSSR count). The molecule has 0 aliphatic carbocycles. The Morgan fingerprint density at radius 2 is 1.00 bits per heavy atom. The molecule has 0 spiro atoms. The average molecular weight is 513 g/mol. The highest BCUT2D eigenvalue weighted by Crippen LogP contribution is 2.14. The highest BCUT2D eigenvalue weighted by Gasteiger charge is 2.11. The van der Waals surface area contributed by atoms with Gasteiger partial charge in [-0.1, -0.05) is 79.1 Å². The van der Waals surface area contributed by atoms with Crippen LogP contribution >= 0.6 is 0 Å². The summed E-state index contributed by atoms with van der Waals surface area (Å²) in [7, 11) is 0. The van der Waals surface area contributed by atoms with E-state index in [4.69, 9.17) is 9.47 Å². The summed E-state index contributed by atoms with van der Waals surface area (Å²) >= 11 is 0. The fourth-order valence-electron chi connectivity index (χ4n) is 4.18. The van der Waals surface area contributed by atoms with Gasteiger partial charge in [0.15, 0.2) is 0 Å². The van der Waals surface area contributed by atoms with E-state index in [2.05, 4.69) is 38.3 Å². The van der Waals surface area contributed by atoms with Crippen molar-refractivity contribution < 1.29 is 19.1 Å². The standard InChI is InChI=1S/C30H60N2O4/c1-5-9-17-27(7-3)25-35-29(33)19-13-11-14-21-31-22-15-12-16-23-32-24-20-30(34)36-26-28(8-4)18-10-6-2/h27-28,31-32H,5-26H2,1-4H3. The van der Waals surface area contributed by atoms with E-state index in [9.17, 15) is 9.59 Å². The Morgan fingerprint density at radius 3 is 1.47 bits per heavy atom. The van der Waals surface area contributed by atoms with Gasteiger partial charge in [-0.2, -0.15) is 0 Å². The highest BCUT2D eigenvalue weighted by molar-refractivity contribution is 5.69. The number of rotatable bonds is 27. The van der Waals surface area contributed by atoms with Gasteiger partial charge in [0.1, 0.15) is 0 Å². The van der Waals surface area contributed by atoms with Crippen LogP contribution in [0.5, 0.6) is 0 Å². The summed E-state index contributed by atoms with van der Waals surface area (Å²) in [6.07, 6.45) is 16.9. The third kappa shape index (κ3) is 23.3. The molecule has 6 heteroatoms. The molecule has 0 radical (unpaired) electrons. The highest BCUT2D eigenvalue weighted by atomic mass is 16.5. The van der Waals surface area contributed by atoms with Crippen molar-refractivity contribution in [2.24, 2.45) is 11.8 Å². The first-order valence-corrected chi connectivity index (χ1v) is 15.3. The molecule has 0 aromatic rings. The van der Waals surface area contributed by atoms with E-state index in [1.807, 2.05) is 0 Å². The van der Waals surface area contributed by atoms with Crippen molar-refractivity contribution in [3.05, 3.63) is 0 Å². The second kappa shape index (κ2) is 26.9. The van der Waals surface area contributed by atoms with Gasteiger partial charge in [0.05, 0.1) is 19.6 Å². The van der Waals surface area contributed by atoms with Gasteiger partial charge in [-0.25, -0.2) is 0 Å². The summed E-state index contributed by atoms with van der Waals surface area (Å²) in [6, 6.07) is 0. The quantitative estimate of drug-likeness (QED) is 0.0930. The largest absolute Gasteiger partial charge is 0.465 e. The Balaban J connectivity index is 3.40. The Hall–Kier alpha value is -1.14. The predicted octanol–water partition coefficient (Wildman–Crippen LogP) is 6.81. The minimum absolute atomic E-state index is 0.0315. The Morgan fingerprint density at radius 1 is 0.556 bits per heavy atom. The number of ether oxygens (including phenoxy) is 2. The second-order valence-electron chi connectivity index (χ2n) is 10.3. The first-order valence-electron chi connectivity index (χ1n) is 15.3. The summed E-state index contributed by atoms with van der Waals surface area (Å²) in [5.74, 6) is 0.927. The van der Waals surface area contributed by atoms with Crippen LogP contribution in [0.4, 0.5) is 0 Å². The number of esters is 2. The molecule has 0 aliphatic rings. The monoisotopic (exact) mass is 512 g/mol. The maximum atomic E-state index is 11.9. The molecule has 0 bridgehead atoms. The van der Waals surface area contributed by atoms with E-state index >= 15 is 0 Å². The number of hydrogen-bond acceptors (Lipinski definition) is 6. The van der Waals surface area contributed by atoms with Crippen molar-refractivity contribution in [2.75, 3.05) is 39.4 Å². The summed E-state index contributed by atoms with van der Waals surface area (Å²) in [5.41, 5.74) is 0. The predicted molar refractivity (Wildman–Crippen MR) is 151 cm³/mol. The van der Waals surface area contributed by atoms with Gasteiger partial charge in [-0.15, -0.1) is 0 Å². The fraction of sp³-hybridized carbons (Fsp3) is 0.933. The minimum Gasteiger partial charge on any atom is -0.465 e. The molecule has 0 saturated carbocycles. The number of carbonyl (C=O) groups excluding carboxylic acids is 2. The maximum absolute atomic E-state index is 11.9. The van der Waals surface area contributed by atoms with Crippen molar-refractivity contribution in [3.63, 3.8) is 0 Å². The van der Waals surface area contributed by atoms with E-state index in [0.29, 0.717) is 44.4 Å². The van der Waals surface area contributed by atoms with E-state index in [1.165, 1.54) is 38.5 Å². The lowest BCUT2D eigenvalue weighted by molar-refractivity contribution is -0.146. The van der Waals surface area contributed by atoms with Crippen LogP contribution in [-0.2, 0) is 19.1 Å². The molecule has 0 aromatic carbocycles. The second-order valence-corrected chi connectivity index (χ2v) is 10.3. The Labute approximate surface area is 223 Å². The smallest absolute Gasteiger partial charge is 0.307 e. The fourth-order valence-corrected chi connectivity index (χ4v) is 4.18. The van der Waals surface area contributed by atoms with Crippen molar-refractivity contribution in [2.45, 2.75) is 130 Å². The van der Waals surface area contributed by atoms with Gasteiger partial charge >= 0.3 is 11.9 Å². The molecule has 2 atom stereocenters. The molecule has 0 aliphatic heterocycles. The number of nitrogens with one attached hydrogen (secondary N) is 2. The van der Waals surface area contributed by atoms with Crippen LogP contribution < -0.4 is 10.6 Å². The van der Waals surface area contributed by atoms with Crippen molar-refractivity contribution in [1.29, 1.82) is 0 Å². The molecule has 0 saturated heterocycles. The lowest BCUT2D eigenvalue weighted by Gasteiger charge is -2.14. The van der Waals surface area contributed by atoms with Gasteiger partial charge in [0.2, 0.25) is 0 Å². The topological polar surface area (TPSA) is 76.7 Å². The van der Waals surface area contributed by atoms with E-state index in [1.54, 1.807) is 0 Å². The lowest BCUT2D eigenvalue weighted by Crippen LogP contribution is -2.22. The van der Waals surface area contributed by atoms with Crippen LogP contribution in [0.15, 0.2) is 0 Å². The summed E-state index contributed by atoms with van der Waals surface area (Å²) < 4.78 is 10.9. The van der Waals surface area contributed by atoms with Crippen LogP contribution in [0.2, 0.25) is 0 Å². The van der Waals surface area contributed by atoms with Gasteiger partial charge in [0, 0.05) is 13.0 Å². The molecular weight excluding hydrogens is 452 g/mol. The first kappa shape index (κ1) is 34.9. The molecule has 0 aromatic heterocycles. The van der Waals surface area contributed by atoms with Gasteiger partial charge in [-0.05, 0) is 70.0 Å². The van der Waals surface area contributed by atoms with Crippen LogP contribution in [0.25, 0.3) is 0 Å². The lowest BCUT2D eigenvalue weighted by atomic mass is 10.0. The number of hydrogen-bond donors (Lipinski definition) is 2. The van der Waals surface area contributed by atoms with Crippen LogP contribution in [0, 0.1) is 11.8 Å². The van der Waals surface area contributed by atoms with Crippen molar-refractivity contribution in [1.82, 2.24) is 10.6 Å². The number of unbranched alkanes of at least 4 members (excludes halogenated alkanes) is 6. The molecule has 36 heavy (non-hydrogen) atoms. The van der Waals surface area contributed by atoms with E-state index < -0.39 is 0 Å². The zero-order valence-corrected chi connectivity index (χ0v) is 24.3. The van der Waals surface area contributed by atoms with E-state index in [0.717, 1.165) is 71.0 Å². The molecule has 2 N–H and O–H groups in total. The van der Waals surface area contributed by atoms with E-state index in [-0.39, 0.29) is 11.9 Å². The Kier molecular flexibility index (Phi) is 26.1. The van der Waals surface area contributed by atoms with Crippen LogP contribution in [0.3, 0.4) is 0 Å². The normalized spacial score (nSPS) is 12.9. The summed E-state index contributed by atoms with van der Waals surface area (Å²) in [5, 5.41) is 6.86. The molecule has 0 amide bonds. The third-order valence-electron chi connectivity index (χ3n) is 6.99. The van der Waals surface area contributed by atoms with Crippen molar-refractivity contribution >= 4 is 11.9 Å². The average Bonchev–Trinajstić information content (AvgIpc) is 2.89. The molecule has 2 unspecified atom stereocenters. The summed E-state index contributed by atoms with van der Waals surface area (Å²) in [6.45, 7) is 13.6. The zero-order valence-electron chi connectivity index (χ0n) is 24.3. The molecule has 0 fully saturated rings. The van der Waals surface area contributed by atoms with Crippen LogP contribution in [0.1, 0.15) is 130 Å². The molecule has 214 valence electrons. The number of carbonyl (C=O) groups is 2. The van der Waals surface area contributed by atoms with Gasteiger partial charge in [0.25, 0.3) is 0 Å². The van der Waals surface area contributed by atoms with Crippen LogP contribution in [-0.4, -0.2) is 51.3 Å². The molecular formula is C30H60N2O4. The maximum Gasteiger partial charge on any atom is 0.307 e. The molecule has 0 heterocycles. The zero-order chi connectivity index (χ0) is 26.7. The minimum atomic E-state index is -0.0777. The SMILES string of the molecule is CCCCC(CC)COC(=O)CCCCCNCCCCCNCCC(=O)OCC(CC)CCCC. The third-order valence-corrected chi connectivity index (χ3v) is 6.99. The van der Waals surface area contributed by atoms with Gasteiger partial charge in [-0.3, -0.25) is 9.59 Å². The van der Waals surface area contributed by atoms with Gasteiger partial charge < -0.3 is 20.1 Å². The first-order chi connectivity index (χ1) is 17.6. The molecule has 6 nitrogen and oxygen atoms in total.